The van der Waals surface area contributed by atoms with E-state index in [2.05, 4.69) is 5.10 Å². The van der Waals surface area contributed by atoms with Gasteiger partial charge in [0, 0.05) is 11.9 Å². The van der Waals surface area contributed by atoms with Crippen LogP contribution in [0.1, 0.15) is 25.2 Å². The lowest BCUT2D eigenvalue weighted by Gasteiger charge is -2.04. The van der Waals surface area contributed by atoms with Crippen molar-refractivity contribution in [2.45, 2.75) is 33.2 Å². The average molecular weight is 230 g/mol. The topological polar surface area (TPSA) is 52.0 Å². The maximum atomic E-state index is 11.0. The van der Waals surface area contributed by atoms with Crippen molar-refractivity contribution in [3.63, 3.8) is 0 Å². The summed E-state index contributed by atoms with van der Waals surface area (Å²) in [7, 11) is -2.91. The van der Waals surface area contributed by atoms with E-state index >= 15 is 0 Å². The normalized spacial score (nSPS) is 11.9. The summed E-state index contributed by atoms with van der Waals surface area (Å²) >= 11 is 0. The maximum absolute atomic E-state index is 11.0. The van der Waals surface area contributed by atoms with Crippen molar-refractivity contribution in [3.05, 3.63) is 17.5 Å². The smallest absolute Gasteiger partial charge is 0.149 e. The average Bonchev–Trinajstić information content (AvgIpc) is 2.56. The molecule has 0 fully saturated rings. The Kier molecular flexibility index (Phi) is 3.90. The Morgan fingerprint density at radius 3 is 2.47 bits per heavy atom. The summed E-state index contributed by atoms with van der Waals surface area (Å²) in [5, 5.41) is 4.35. The fraction of sp³-hybridized carbons (Fsp3) is 0.700. The number of hydrogen-bond acceptors (Lipinski definition) is 3. The second-order valence-electron chi connectivity index (χ2n) is 3.69. The van der Waals surface area contributed by atoms with E-state index in [-0.39, 0.29) is 5.75 Å². The molecule has 1 heterocycles. The zero-order valence-corrected chi connectivity index (χ0v) is 10.3. The van der Waals surface area contributed by atoms with Crippen LogP contribution in [0.3, 0.4) is 0 Å². The molecule has 1 rings (SSSR count). The SMILES string of the molecule is CCc1cc(CC)n(CCS(C)(=O)=O)n1. The highest BCUT2D eigenvalue weighted by atomic mass is 32.2. The minimum Gasteiger partial charge on any atom is -0.268 e. The molecule has 0 bridgehead atoms. The van der Waals surface area contributed by atoms with Crippen LogP contribution >= 0.6 is 0 Å². The van der Waals surface area contributed by atoms with Crippen molar-refractivity contribution in [2.24, 2.45) is 0 Å². The molecule has 0 radical (unpaired) electrons. The molecule has 0 saturated carbocycles. The predicted molar refractivity (Wildman–Crippen MR) is 60.7 cm³/mol. The van der Waals surface area contributed by atoms with Gasteiger partial charge < -0.3 is 0 Å². The maximum Gasteiger partial charge on any atom is 0.149 e. The van der Waals surface area contributed by atoms with E-state index in [4.69, 9.17) is 0 Å². The molecule has 0 N–H and O–H groups in total. The summed E-state index contributed by atoms with van der Waals surface area (Å²) in [5.41, 5.74) is 2.14. The van der Waals surface area contributed by atoms with E-state index < -0.39 is 9.84 Å². The zero-order chi connectivity index (χ0) is 11.5. The van der Waals surface area contributed by atoms with E-state index in [0.717, 1.165) is 24.2 Å². The molecule has 86 valence electrons. The molecule has 0 unspecified atom stereocenters. The number of aromatic nitrogens is 2. The highest BCUT2D eigenvalue weighted by molar-refractivity contribution is 7.90. The molecule has 4 nitrogen and oxygen atoms in total. The Morgan fingerprint density at radius 1 is 1.33 bits per heavy atom. The molecule has 0 aliphatic rings. The van der Waals surface area contributed by atoms with Gasteiger partial charge in [-0.25, -0.2) is 8.42 Å². The van der Waals surface area contributed by atoms with Crippen LogP contribution in [0.4, 0.5) is 0 Å². The first-order chi connectivity index (χ1) is 6.96. The molecule has 15 heavy (non-hydrogen) atoms. The summed E-state index contributed by atoms with van der Waals surface area (Å²) in [6.07, 6.45) is 3.03. The lowest BCUT2D eigenvalue weighted by Crippen LogP contribution is -2.14. The quantitative estimate of drug-likeness (QED) is 0.760. The van der Waals surface area contributed by atoms with Gasteiger partial charge in [0.05, 0.1) is 18.0 Å². The summed E-state index contributed by atoms with van der Waals surface area (Å²) in [5.74, 6) is 0.158. The molecule has 0 spiro atoms. The fourth-order valence-electron chi connectivity index (χ4n) is 1.42. The summed E-state index contributed by atoms with van der Waals surface area (Å²) in [4.78, 5) is 0. The van der Waals surface area contributed by atoms with Gasteiger partial charge in [-0.15, -0.1) is 0 Å². The van der Waals surface area contributed by atoms with Crippen molar-refractivity contribution in [1.82, 2.24) is 9.78 Å². The molecule has 1 aromatic rings. The van der Waals surface area contributed by atoms with Crippen LogP contribution in [0.5, 0.6) is 0 Å². The number of rotatable bonds is 5. The van der Waals surface area contributed by atoms with Crippen molar-refractivity contribution >= 4 is 9.84 Å². The Bertz CT molecular complexity index is 421. The number of hydrogen-bond donors (Lipinski definition) is 0. The van der Waals surface area contributed by atoms with Gasteiger partial charge in [-0.2, -0.15) is 5.10 Å². The second-order valence-corrected chi connectivity index (χ2v) is 5.95. The standard InChI is InChI=1S/C10H18N2O2S/c1-4-9-8-10(5-2)12(11-9)6-7-15(3,13)14/h8H,4-7H2,1-3H3. The Labute approximate surface area is 91.2 Å². The van der Waals surface area contributed by atoms with E-state index in [1.807, 2.05) is 19.9 Å². The minimum absolute atomic E-state index is 0.158. The first-order valence-corrected chi connectivity index (χ1v) is 7.25. The van der Waals surface area contributed by atoms with E-state index in [9.17, 15) is 8.42 Å². The molecule has 0 amide bonds. The third-order valence-electron chi connectivity index (χ3n) is 2.31. The molecule has 1 aromatic heterocycles. The van der Waals surface area contributed by atoms with Gasteiger partial charge in [0.2, 0.25) is 0 Å². The van der Waals surface area contributed by atoms with Gasteiger partial charge in [-0.1, -0.05) is 13.8 Å². The number of aryl methyl sites for hydroxylation is 3. The number of sulfone groups is 1. The molecule has 5 heteroatoms. The monoisotopic (exact) mass is 230 g/mol. The zero-order valence-electron chi connectivity index (χ0n) is 9.52. The Balaban J connectivity index is 2.79. The molecule has 0 aromatic carbocycles. The van der Waals surface area contributed by atoms with Gasteiger partial charge in [-0.3, -0.25) is 4.68 Å². The molecule has 0 aliphatic carbocycles. The van der Waals surface area contributed by atoms with Crippen molar-refractivity contribution < 1.29 is 8.42 Å². The largest absolute Gasteiger partial charge is 0.268 e. The van der Waals surface area contributed by atoms with Gasteiger partial charge in [0.25, 0.3) is 0 Å². The van der Waals surface area contributed by atoms with Gasteiger partial charge in [-0.05, 0) is 18.9 Å². The first-order valence-electron chi connectivity index (χ1n) is 5.19. The second kappa shape index (κ2) is 4.79. The van der Waals surface area contributed by atoms with Crippen LogP contribution in [0.2, 0.25) is 0 Å². The fourth-order valence-corrected chi connectivity index (χ4v) is 1.92. The van der Waals surface area contributed by atoms with Crippen molar-refractivity contribution in [3.8, 4) is 0 Å². The molecule has 0 saturated heterocycles. The summed E-state index contributed by atoms with van der Waals surface area (Å²) < 4.78 is 23.9. The molecule has 0 aliphatic heterocycles. The van der Waals surface area contributed by atoms with Gasteiger partial charge in [0.15, 0.2) is 0 Å². The van der Waals surface area contributed by atoms with Crippen LogP contribution in [0.25, 0.3) is 0 Å². The predicted octanol–water partition coefficient (Wildman–Crippen LogP) is 1.05. The van der Waals surface area contributed by atoms with E-state index in [1.54, 1.807) is 4.68 Å². The number of nitrogens with zero attached hydrogens (tertiary/aromatic N) is 2. The van der Waals surface area contributed by atoms with Crippen LogP contribution in [-0.4, -0.2) is 30.2 Å². The van der Waals surface area contributed by atoms with Crippen LogP contribution in [0.15, 0.2) is 6.07 Å². The first kappa shape index (κ1) is 12.2. The van der Waals surface area contributed by atoms with Crippen LogP contribution < -0.4 is 0 Å². The summed E-state index contributed by atoms with van der Waals surface area (Å²) in [6, 6.07) is 2.04. The summed E-state index contributed by atoms with van der Waals surface area (Å²) in [6.45, 7) is 4.55. The van der Waals surface area contributed by atoms with Crippen molar-refractivity contribution in [2.75, 3.05) is 12.0 Å². The van der Waals surface area contributed by atoms with Gasteiger partial charge in [0.1, 0.15) is 9.84 Å². The third kappa shape index (κ3) is 3.66. The molecule has 0 atom stereocenters. The van der Waals surface area contributed by atoms with E-state index in [1.165, 1.54) is 6.26 Å². The minimum atomic E-state index is -2.91. The van der Waals surface area contributed by atoms with Gasteiger partial charge >= 0.3 is 0 Å². The third-order valence-corrected chi connectivity index (χ3v) is 3.24. The van der Waals surface area contributed by atoms with E-state index in [0.29, 0.717) is 6.54 Å². The Morgan fingerprint density at radius 2 is 2.00 bits per heavy atom. The lowest BCUT2D eigenvalue weighted by molar-refractivity contribution is 0.577. The Hall–Kier alpha value is -0.840. The van der Waals surface area contributed by atoms with Crippen molar-refractivity contribution in [1.29, 1.82) is 0 Å². The van der Waals surface area contributed by atoms with Crippen LogP contribution in [-0.2, 0) is 29.2 Å². The molecular weight excluding hydrogens is 212 g/mol. The molecular formula is C10H18N2O2S. The highest BCUT2D eigenvalue weighted by Gasteiger charge is 2.08. The lowest BCUT2D eigenvalue weighted by atomic mass is 10.3. The highest BCUT2D eigenvalue weighted by Crippen LogP contribution is 2.06. The van der Waals surface area contributed by atoms with Crippen LogP contribution in [0, 0.1) is 0 Å².